The second-order valence-electron chi connectivity index (χ2n) is 2.67. The zero-order valence-electron chi connectivity index (χ0n) is 6.90. The minimum Gasteiger partial charge on any atom is -0.508 e. The summed E-state index contributed by atoms with van der Waals surface area (Å²) >= 11 is 0. The first kappa shape index (κ1) is 9.38. The molecule has 0 saturated heterocycles. The zero-order chi connectivity index (χ0) is 9.84. The highest BCUT2D eigenvalue weighted by Crippen LogP contribution is 2.27. The van der Waals surface area contributed by atoms with Crippen molar-refractivity contribution in [2.75, 3.05) is 0 Å². The summed E-state index contributed by atoms with van der Waals surface area (Å²) in [5, 5.41) is 26.9. The molecule has 0 amide bonds. The fourth-order valence-corrected chi connectivity index (χ4v) is 1.05. The predicted molar refractivity (Wildman–Crippen MR) is 45.7 cm³/mol. The highest BCUT2D eigenvalue weighted by molar-refractivity contribution is 5.67. The summed E-state index contributed by atoms with van der Waals surface area (Å²) in [6.07, 6.45) is 0.0268. The maximum Gasteiger partial charge on any atom is 0.303 e. The molecule has 0 spiro atoms. The fourth-order valence-electron chi connectivity index (χ4n) is 1.05. The molecule has 13 heavy (non-hydrogen) atoms. The molecule has 0 fully saturated rings. The number of hydrogen-bond acceptors (Lipinski definition) is 3. The van der Waals surface area contributed by atoms with Crippen LogP contribution < -0.4 is 0 Å². The molecule has 0 unspecified atom stereocenters. The van der Waals surface area contributed by atoms with Gasteiger partial charge in [0, 0.05) is 12.0 Å². The van der Waals surface area contributed by atoms with E-state index in [2.05, 4.69) is 0 Å². The maximum atomic E-state index is 10.2. The van der Waals surface area contributed by atoms with Crippen LogP contribution in [-0.4, -0.2) is 21.3 Å². The van der Waals surface area contributed by atoms with Gasteiger partial charge in [0.25, 0.3) is 0 Å². The second-order valence-corrected chi connectivity index (χ2v) is 2.67. The van der Waals surface area contributed by atoms with Crippen LogP contribution in [-0.2, 0) is 11.2 Å². The Bertz CT molecular complexity index is 299. The molecule has 0 saturated carbocycles. The lowest BCUT2D eigenvalue weighted by Gasteiger charge is -2.04. The molecule has 1 rings (SSSR count). The molecule has 0 atom stereocenters. The molecule has 0 bridgehead atoms. The van der Waals surface area contributed by atoms with Gasteiger partial charge in [-0.25, -0.2) is 0 Å². The summed E-state index contributed by atoms with van der Waals surface area (Å²) in [5.74, 6) is -1.09. The smallest absolute Gasteiger partial charge is 0.303 e. The van der Waals surface area contributed by atoms with Crippen LogP contribution in [0.3, 0.4) is 0 Å². The number of phenolic OH excluding ortho intramolecular Hbond substituents is 2. The third-order valence-electron chi connectivity index (χ3n) is 1.72. The number of aliphatic carboxylic acids is 1. The number of benzene rings is 1. The fraction of sp³-hybridized carbons (Fsp3) is 0.222. The van der Waals surface area contributed by atoms with Gasteiger partial charge in [-0.05, 0) is 18.6 Å². The predicted octanol–water partition coefficient (Wildman–Crippen LogP) is 1.11. The van der Waals surface area contributed by atoms with E-state index in [1.807, 2.05) is 0 Å². The number of carbonyl (C=O) groups is 1. The average Bonchev–Trinajstić information content (AvgIpc) is 2.03. The first-order valence-corrected chi connectivity index (χ1v) is 3.83. The highest BCUT2D eigenvalue weighted by Gasteiger charge is 2.08. The number of phenols is 2. The number of hydrogen-bond donors (Lipinski definition) is 3. The quantitative estimate of drug-likeness (QED) is 0.654. The normalized spacial score (nSPS) is 9.85. The largest absolute Gasteiger partial charge is 0.508 e. The Hall–Kier alpha value is -1.71. The van der Waals surface area contributed by atoms with Gasteiger partial charge in [0.15, 0.2) is 0 Å². The van der Waals surface area contributed by atoms with E-state index in [-0.39, 0.29) is 29.9 Å². The first-order valence-electron chi connectivity index (χ1n) is 3.83. The molecule has 4 heteroatoms. The van der Waals surface area contributed by atoms with Crippen molar-refractivity contribution in [1.29, 1.82) is 0 Å². The van der Waals surface area contributed by atoms with Crippen LogP contribution >= 0.6 is 0 Å². The Morgan fingerprint density at radius 3 is 2.23 bits per heavy atom. The number of carboxylic acids is 1. The molecule has 0 aromatic heterocycles. The van der Waals surface area contributed by atoms with Crippen molar-refractivity contribution in [1.82, 2.24) is 0 Å². The van der Waals surface area contributed by atoms with Gasteiger partial charge in [0.2, 0.25) is 0 Å². The summed E-state index contributed by atoms with van der Waals surface area (Å²) in [6, 6.07) is 4.32. The lowest BCUT2D eigenvalue weighted by molar-refractivity contribution is -0.136. The molecule has 0 heterocycles. The van der Waals surface area contributed by atoms with E-state index in [0.717, 1.165) is 0 Å². The first-order chi connectivity index (χ1) is 6.11. The molecule has 0 aliphatic heterocycles. The van der Waals surface area contributed by atoms with Crippen molar-refractivity contribution < 1.29 is 20.1 Å². The lowest BCUT2D eigenvalue weighted by atomic mass is 10.1. The van der Waals surface area contributed by atoms with Gasteiger partial charge >= 0.3 is 5.97 Å². The van der Waals surface area contributed by atoms with Gasteiger partial charge in [-0.2, -0.15) is 0 Å². The molecule has 0 aliphatic carbocycles. The van der Waals surface area contributed by atoms with Crippen LogP contribution in [0.15, 0.2) is 18.2 Å². The topological polar surface area (TPSA) is 77.8 Å². The van der Waals surface area contributed by atoms with E-state index in [1.165, 1.54) is 18.2 Å². The SMILES string of the molecule is O=C(O)CCc1c(O)cccc1O. The summed E-state index contributed by atoms with van der Waals surface area (Å²) in [7, 11) is 0. The summed E-state index contributed by atoms with van der Waals surface area (Å²) in [6.45, 7) is 0. The number of rotatable bonds is 3. The Labute approximate surface area is 75.1 Å². The second kappa shape index (κ2) is 3.80. The van der Waals surface area contributed by atoms with Gasteiger partial charge in [0.05, 0.1) is 0 Å². The average molecular weight is 182 g/mol. The summed E-state index contributed by atoms with van der Waals surface area (Å²) in [5.41, 5.74) is 0.282. The van der Waals surface area contributed by atoms with Gasteiger partial charge in [-0.1, -0.05) is 6.07 Å². The van der Waals surface area contributed by atoms with Gasteiger partial charge < -0.3 is 15.3 Å². The van der Waals surface area contributed by atoms with Crippen molar-refractivity contribution in [2.45, 2.75) is 12.8 Å². The van der Waals surface area contributed by atoms with E-state index in [1.54, 1.807) is 0 Å². The Kier molecular flexibility index (Phi) is 2.74. The third kappa shape index (κ3) is 2.37. The zero-order valence-corrected chi connectivity index (χ0v) is 6.90. The van der Waals surface area contributed by atoms with Crippen molar-refractivity contribution in [2.24, 2.45) is 0 Å². The number of carboxylic acid groups (broad SMARTS) is 1. The molecule has 0 aliphatic rings. The summed E-state index contributed by atoms with van der Waals surface area (Å²) in [4.78, 5) is 10.2. The van der Waals surface area contributed by atoms with Crippen molar-refractivity contribution in [3.63, 3.8) is 0 Å². The Morgan fingerprint density at radius 1 is 1.23 bits per heavy atom. The molecule has 0 radical (unpaired) electrons. The molecular formula is C9H10O4. The van der Waals surface area contributed by atoms with Crippen LogP contribution in [0.4, 0.5) is 0 Å². The van der Waals surface area contributed by atoms with E-state index >= 15 is 0 Å². The van der Waals surface area contributed by atoms with E-state index in [9.17, 15) is 15.0 Å². The minimum atomic E-state index is -0.956. The van der Waals surface area contributed by atoms with Crippen LogP contribution in [0.1, 0.15) is 12.0 Å². The van der Waals surface area contributed by atoms with Crippen molar-refractivity contribution in [3.8, 4) is 11.5 Å². The van der Waals surface area contributed by atoms with Crippen molar-refractivity contribution >= 4 is 5.97 Å². The standard InChI is InChI=1S/C9H10O4/c10-7-2-1-3-8(11)6(7)4-5-9(12)13/h1-3,10-11H,4-5H2,(H,12,13). The minimum absolute atomic E-state index is 0.0683. The Balaban J connectivity index is 2.81. The van der Waals surface area contributed by atoms with Crippen LogP contribution in [0.5, 0.6) is 11.5 Å². The van der Waals surface area contributed by atoms with E-state index in [4.69, 9.17) is 5.11 Å². The lowest BCUT2D eigenvalue weighted by Crippen LogP contribution is -1.97. The molecular weight excluding hydrogens is 172 g/mol. The van der Waals surface area contributed by atoms with Crippen molar-refractivity contribution in [3.05, 3.63) is 23.8 Å². The maximum absolute atomic E-state index is 10.2. The number of aromatic hydroxyl groups is 2. The summed E-state index contributed by atoms with van der Waals surface area (Å²) < 4.78 is 0. The van der Waals surface area contributed by atoms with Gasteiger partial charge in [-0.15, -0.1) is 0 Å². The van der Waals surface area contributed by atoms with E-state index < -0.39 is 5.97 Å². The van der Waals surface area contributed by atoms with Crippen LogP contribution in [0, 0.1) is 0 Å². The van der Waals surface area contributed by atoms with Gasteiger partial charge in [-0.3, -0.25) is 4.79 Å². The van der Waals surface area contributed by atoms with Gasteiger partial charge in [0.1, 0.15) is 11.5 Å². The van der Waals surface area contributed by atoms with Crippen LogP contribution in [0.2, 0.25) is 0 Å². The third-order valence-corrected chi connectivity index (χ3v) is 1.72. The highest BCUT2D eigenvalue weighted by atomic mass is 16.4. The molecule has 70 valence electrons. The van der Waals surface area contributed by atoms with Crippen LogP contribution in [0.25, 0.3) is 0 Å². The monoisotopic (exact) mass is 182 g/mol. The molecule has 4 nitrogen and oxygen atoms in total. The molecule has 1 aromatic rings. The van der Waals surface area contributed by atoms with E-state index in [0.29, 0.717) is 0 Å². The molecule has 3 N–H and O–H groups in total. The Morgan fingerprint density at radius 2 is 1.77 bits per heavy atom. The molecule has 1 aromatic carbocycles.